The van der Waals surface area contributed by atoms with Crippen LogP contribution in [0, 0.1) is 6.92 Å². The Kier molecular flexibility index (Phi) is 5.87. The molecular weight excluding hydrogens is 272 g/mol. The third-order valence-corrected chi connectivity index (χ3v) is 4.69. The topological polar surface area (TPSA) is 18.1 Å². The molecule has 3 nitrogen and oxygen atoms in total. The number of aryl methyl sites for hydroxylation is 1. The molecule has 124 valence electrons. The highest BCUT2D eigenvalue weighted by Gasteiger charge is 2.20. The average Bonchev–Trinajstić information content (AvgIpc) is 2.45. The molecule has 0 aromatic heterocycles. The van der Waals surface area contributed by atoms with E-state index in [0.717, 1.165) is 18.8 Å². The Labute approximate surface area is 136 Å². The predicted molar refractivity (Wildman–Crippen MR) is 92.2 cm³/mol. The molecule has 1 aromatic carbocycles. The van der Waals surface area contributed by atoms with Gasteiger partial charge in [-0.05, 0) is 24.0 Å². The van der Waals surface area contributed by atoms with Crippen molar-refractivity contribution in [2.45, 2.75) is 39.5 Å². The van der Waals surface area contributed by atoms with Gasteiger partial charge < -0.3 is 14.5 Å². The van der Waals surface area contributed by atoms with Crippen LogP contribution in [-0.4, -0.2) is 46.4 Å². The maximum absolute atomic E-state index is 6.11. The molecular formula is C19H34N2O+2. The molecule has 0 atom stereocenters. The normalized spacial score (nSPS) is 22.6. The van der Waals surface area contributed by atoms with Crippen molar-refractivity contribution < 1.29 is 14.5 Å². The van der Waals surface area contributed by atoms with E-state index >= 15 is 0 Å². The smallest absolute Gasteiger partial charge is 0.127 e. The number of hydrogen-bond donors (Lipinski definition) is 2. The average molecular weight is 306 g/mol. The summed E-state index contributed by atoms with van der Waals surface area (Å²) in [7, 11) is 2.30. The van der Waals surface area contributed by atoms with Crippen LogP contribution in [0.25, 0.3) is 0 Å². The van der Waals surface area contributed by atoms with Crippen LogP contribution < -0.4 is 14.5 Å². The van der Waals surface area contributed by atoms with Crippen LogP contribution in [0.4, 0.5) is 0 Å². The predicted octanol–water partition coefficient (Wildman–Crippen LogP) is 0.475. The zero-order valence-electron chi connectivity index (χ0n) is 15.1. The number of rotatable bonds is 5. The van der Waals surface area contributed by atoms with Gasteiger partial charge in [-0.15, -0.1) is 0 Å². The second-order valence-corrected chi connectivity index (χ2v) is 7.91. The molecule has 0 amide bonds. The van der Waals surface area contributed by atoms with Gasteiger partial charge in [0.1, 0.15) is 31.9 Å². The molecule has 1 aromatic rings. The van der Waals surface area contributed by atoms with Crippen molar-refractivity contribution >= 4 is 0 Å². The molecule has 1 aliphatic rings. The quantitative estimate of drug-likeness (QED) is 0.757. The number of nitrogens with one attached hydrogen (secondary N) is 2. The molecule has 1 heterocycles. The van der Waals surface area contributed by atoms with Crippen LogP contribution in [0.2, 0.25) is 0 Å². The van der Waals surface area contributed by atoms with Crippen molar-refractivity contribution in [3.63, 3.8) is 0 Å². The Morgan fingerprint density at radius 1 is 1.09 bits per heavy atom. The van der Waals surface area contributed by atoms with E-state index in [-0.39, 0.29) is 5.41 Å². The first-order valence-corrected chi connectivity index (χ1v) is 8.75. The van der Waals surface area contributed by atoms with Crippen LogP contribution in [-0.2, 0) is 5.41 Å². The minimum atomic E-state index is 0.132. The Balaban J connectivity index is 1.82. The fourth-order valence-electron chi connectivity index (χ4n) is 3.14. The van der Waals surface area contributed by atoms with Gasteiger partial charge in [-0.1, -0.05) is 38.5 Å². The van der Waals surface area contributed by atoms with Crippen LogP contribution in [0.1, 0.15) is 38.3 Å². The maximum Gasteiger partial charge on any atom is 0.127 e. The Bertz CT molecular complexity index is 471. The summed E-state index contributed by atoms with van der Waals surface area (Å²) < 4.78 is 6.11. The molecule has 0 bridgehead atoms. The van der Waals surface area contributed by atoms with Gasteiger partial charge in [-0.25, -0.2) is 0 Å². The molecule has 2 N–H and O–H groups in total. The van der Waals surface area contributed by atoms with Gasteiger partial charge in [0.2, 0.25) is 0 Å². The van der Waals surface area contributed by atoms with Gasteiger partial charge >= 0.3 is 0 Å². The Morgan fingerprint density at radius 2 is 1.77 bits per heavy atom. The highest BCUT2D eigenvalue weighted by Crippen LogP contribution is 2.32. The molecule has 1 aliphatic heterocycles. The summed E-state index contributed by atoms with van der Waals surface area (Å²) in [6.45, 7) is 16.2. The van der Waals surface area contributed by atoms with Crippen LogP contribution in [0.3, 0.4) is 0 Å². The van der Waals surface area contributed by atoms with E-state index in [9.17, 15) is 0 Å². The molecule has 0 saturated carbocycles. The maximum atomic E-state index is 6.11. The van der Waals surface area contributed by atoms with Crippen molar-refractivity contribution in [3.8, 4) is 5.75 Å². The van der Waals surface area contributed by atoms with Crippen LogP contribution in [0.5, 0.6) is 5.75 Å². The molecule has 1 fully saturated rings. The second kappa shape index (κ2) is 7.47. The molecule has 2 rings (SSSR count). The van der Waals surface area contributed by atoms with E-state index < -0.39 is 0 Å². The van der Waals surface area contributed by atoms with E-state index in [2.05, 4.69) is 52.9 Å². The summed E-state index contributed by atoms with van der Waals surface area (Å²) in [5, 5.41) is 0. The summed E-state index contributed by atoms with van der Waals surface area (Å²) in [6.07, 6.45) is 1.14. The summed E-state index contributed by atoms with van der Waals surface area (Å²) in [5.74, 6) is 1.07. The lowest BCUT2D eigenvalue weighted by Gasteiger charge is -2.27. The largest absolute Gasteiger partial charge is 0.493 e. The highest BCUT2D eigenvalue weighted by atomic mass is 16.5. The van der Waals surface area contributed by atoms with Gasteiger partial charge in [-0.3, -0.25) is 0 Å². The minimum absolute atomic E-state index is 0.132. The van der Waals surface area contributed by atoms with E-state index in [1.807, 2.05) is 0 Å². The summed E-state index contributed by atoms with van der Waals surface area (Å²) in [4.78, 5) is 3.42. The van der Waals surface area contributed by atoms with Crippen molar-refractivity contribution in [2.24, 2.45) is 0 Å². The SMILES string of the molecule is Cc1ccc(OCCC[NH+]2CC[NH+](C)CC2)c(C(C)(C)C)c1. The van der Waals surface area contributed by atoms with Crippen molar-refractivity contribution in [1.82, 2.24) is 0 Å². The first-order valence-electron chi connectivity index (χ1n) is 8.75. The van der Waals surface area contributed by atoms with Gasteiger partial charge in [0, 0.05) is 6.42 Å². The van der Waals surface area contributed by atoms with Crippen LogP contribution in [0.15, 0.2) is 18.2 Å². The Hall–Kier alpha value is -1.06. The zero-order chi connectivity index (χ0) is 16.2. The first kappa shape index (κ1) is 17.3. The fourth-order valence-corrected chi connectivity index (χ4v) is 3.14. The van der Waals surface area contributed by atoms with E-state index in [1.54, 1.807) is 9.80 Å². The molecule has 0 unspecified atom stereocenters. The van der Waals surface area contributed by atoms with Crippen molar-refractivity contribution in [2.75, 3.05) is 46.4 Å². The highest BCUT2D eigenvalue weighted by molar-refractivity contribution is 5.41. The van der Waals surface area contributed by atoms with E-state index in [4.69, 9.17) is 4.74 Å². The lowest BCUT2D eigenvalue weighted by atomic mass is 9.85. The minimum Gasteiger partial charge on any atom is -0.493 e. The molecule has 0 aliphatic carbocycles. The number of hydrogen-bond acceptors (Lipinski definition) is 1. The summed E-state index contributed by atoms with van der Waals surface area (Å²) in [5.41, 5.74) is 2.76. The summed E-state index contributed by atoms with van der Waals surface area (Å²) in [6, 6.07) is 6.56. The zero-order valence-corrected chi connectivity index (χ0v) is 15.1. The lowest BCUT2D eigenvalue weighted by molar-refractivity contribution is -1.00. The third-order valence-electron chi connectivity index (χ3n) is 4.69. The number of quaternary nitrogens is 2. The van der Waals surface area contributed by atoms with Crippen LogP contribution >= 0.6 is 0 Å². The first-order chi connectivity index (χ1) is 10.4. The lowest BCUT2D eigenvalue weighted by Crippen LogP contribution is -3.27. The van der Waals surface area contributed by atoms with E-state index in [1.165, 1.54) is 43.9 Å². The van der Waals surface area contributed by atoms with Gasteiger partial charge in [0.05, 0.1) is 20.2 Å². The molecule has 0 spiro atoms. The van der Waals surface area contributed by atoms with Gasteiger partial charge in [0.15, 0.2) is 0 Å². The molecule has 0 radical (unpaired) electrons. The monoisotopic (exact) mass is 306 g/mol. The van der Waals surface area contributed by atoms with Gasteiger partial charge in [-0.2, -0.15) is 0 Å². The molecule has 22 heavy (non-hydrogen) atoms. The third kappa shape index (κ3) is 4.99. The fraction of sp³-hybridized carbons (Fsp3) is 0.684. The second-order valence-electron chi connectivity index (χ2n) is 7.91. The standard InChI is InChI=1S/C19H32N2O/c1-16-7-8-18(17(15-16)19(2,3)4)22-14-6-9-21-12-10-20(5)11-13-21/h7-8,15H,6,9-14H2,1-5H3/p+2. The van der Waals surface area contributed by atoms with E-state index in [0.29, 0.717) is 0 Å². The number of ether oxygens (including phenoxy) is 1. The molecule has 1 saturated heterocycles. The van der Waals surface area contributed by atoms with Crippen molar-refractivity contribution in [1.29, 1.82) is 0 Å². The Morgan fingerprint density at radius 3 is 2.41 bits per heavy atom. The van der Waals surface area contributed by atoms with Crippen molar-refractivity contribution in [3.05, 3.63) is 29.3 Å². The molecule has 3 heteroatoms. The number of likely N-dealkylation sites (N-methyl/N-ethyl adjacent to an activating group) is 1. The number of piperazine rings is 1. The summed E-state index contributed by atoms with van der Waals surface area (Å²) >= 11 is 0. The number of benzene rings is 1. The van der Waals surface area contributed by atoms with Gasteiger partial charge in [0.25, 0.3) is 0 Å².